The van der Waals surface area contributed by atoms with Gasteiger partial charge in [0.25, 0.3) is 0 Å². The van der Waals surface area contributed by atoms with Crippen LogP contribution in [-0.4, -0.2) is 25.5 Å². The van der Waals surface area contributed by atoms with Crippen LogP contribution in [0.4, 0.5) is 4.39 Å². The van der Waals surface area contributed by atoms with Crippen LogP contribution in [-0.2, 0) is 6.42 Å². The molecule has 0 heterocycles. The van der Waals surface area contributed by atoms with Crippen LogP contribution in [0.2, 0.25) is 0 Å². The number of aliphatic hydroxyl groups is 1. The molecule has 1 aromatic rings. The summed E-state index contributed by atoms with van der Waals surface area (Å²) in [6.07, 6.45) is 0.626. The van der Waals surface area contributed by atoms with Gasteiger partial charge in [-0.3, -0.25) is 5.32 Å². The Kier molecular flexibility index (Phi) is 4.35. The molecule has 2 N–H and O–H groups in total. The molecule has 14 heavy (non-hydrogen) atoms. The highest BCUT2D eigenvalue weighted by molar-refractivity contribution is 5.34. The van der Waals surface area contributed by atoms with E-state index in [0.29, 0.717) is 18.7 Å². The molecule has 0 saturated heterocycles. The second-order valence-electron chi connectivity index (χ2n) is 2.86. The maximum atomic E-state index is 12.9. The molecule has 0 saturated carbocycles. The third-order valence-corrected chi connectivity index (χ3v) is 1.93. The van der Waals surface area contributed by atoms with Crippen molar-refractivity contribution < 1.29 is 14.2 Å². The van der Waals surface area contributed by atoms with Gasteiger partial charge >= 0.3 is 0 Å². The summed E-state index contributed by atoms with van der Waals surface area (Å²) in [6.45, 7) is 0.522. The smallest absolute Gasteiger partial charge is 0.123 e. The summed E-state index contributed by atoms with van der Waals surface area (Å²) in [7, 11) is 1.55. The van der Waals surface area contributed by atoms with E-state index < -0.39 is 0 Å². The van der Waals surface area contributed by atoms with Gasteiger partial charge in [0.2, 0.25) is 0 Å². The number of ether oxygens (including phenoxy) is 1. The first-order chi connectivity index (χ1) is 6.77. The van der Waals surface area contributed by atoms with Crippen molar-refractivity contribution in [3.63, 3.8) is 0 Å². The van der Waals surface area contributed by atoms with Crippen molar-refractivity contribution in [1.29, 1.82) is 0 Å². The second-order valence-corrected chi connectivity index (χ2v) is 2.86. The Hall–Kier alpha value is -1.13. The van der Waals surface area contributed by atoms with Crippen molar-refractivity contribution in [3.05, 3.63) is 29.6 Å². The van der Waals surface area contributed by atoms with E-state index in [0.717, 1.165) is 5.56 Å². The SMILES string of the molecule is COc1ccc(F)cc1CCNCO. The quantitative estimate of drug-likeness (QED) is 0.547. The van der Waals surface area contributed by atoms with Crippen molar-refractivity contribution in [2.45, 2.75) is 6.42 Å². The highest BCUT2D eigenvalue weighted by atomic mass is 19.1. The molecule has 0 aliphatic rings. The Morgan fingerprint density at radius 1 is 1.50 bits per heavy atom. The Labute approximate surface area is 82.5 Å². The lowest BCUT2D eigenvalue weighted by Crippen LogP contribution is -2.18. The minimum Gasteiger partial charge on any atom is -0.496 e. The molecule has 0 amide bonds. The summed E-state index contributed by atoms with van der Waals surface area (Å²) in [4.78, 5) is 0. The number of methoxy groups -OCH3 is 1. The molecule has 0 spiro atoms. The summed E-state index contributed by atoms with van der Waals surface area (Å²) in [5, 5.41) is 11.3. The van der Waals surface area contributed by atoms with Gasteiger partial charge in [-0.15, -0.1) is 0 Å². The van der Waals surface area contributed by atoms with E-state index in [1.807, 2.05) is 0 Å². The van der Waals surface area contributed by atoms with Crippen molar-refractivity contribution in [3.8, 4) is 5.75 Å². The van der Waals surface area contributed by atoms with E-state index in [1.165, 1.54) is 12.1 Å². The number of halogens is 1. The maximum Gasteiger partial charge on any atom is 0.123 e. The Morgan fingerprint density at radius 2 is 2.29 bits per heavy atom. The number of rotatable bonds is 5. The highest BCUT2D eigenvalue weighted by Crippen LogP contribution is 2.19. The molecule has 78 valence electrons. The monoisotopic (exact) mass is 199 g/mol. The molecule has 0 aliphatic heterocycles. The number of nitrogens with one attached hydrogen (secondary N) is 1. The number of hydrogen-bond donors (Lipinski definition) is 2. The molecule has 4 heteroatoms. The number of hydrogen-bond acceptors (Lipinski definition) is 3. The van der Waals surface area contributed by atoms with Crippen LogP contribution in [0, 0.1) is 5.82 Å². The summed E-state index contributed by atoms with van der Waals surface area (Å²) in [6, 6.07) is 4.41. The largest absolute Gasteiger partial charge is 0.496 e. The minimum atomic E-state index is -0.273. The van der Waals surface area contributed by atoms with Crippen molar-refractivity contribution in [2.75, 3.05) is 20.4 Å². The molecule has 3 nitrogen and oxygen atoms in total. The first kappa shape index (κ1) is 10.9. The molecular formula is C10H14FNO2. The van der Waals surface area contributed by atoms with Crippen LogP contribution in [0.1, 0.15) is 5.56 Å². The zero-order valence-corrected chi connectivity index (χ0v) is 8.09. The van der Waals surface area contributed by atoms with E-state index >= 15 is 0 Å². The van der Waals surface area contributed by atoms with Crippen molar-refractivity contribution in [1.82, 2.24) is 5.32 Å². The average molecular weight is 199 g/mol. The molecule has 0 fully saturated rings. The van der Waals surface area contributed by atoms with Gasteiger partial charge in [-0.25, -0.2) is 4.39 Å². The third kappa shape index (κ3) is 2.97. The van der Waals surface area contributed by atoms with Gasteiger partial charge in [0.15, 0.2) is 0 Å². The number of aliphatic hydroxyl groups excluding tert-OH is 1. The van der Waals surface area contributed by atoms with Crippen LogP contribution < -0.4 is 10.1 Å². The first-order valence-electron chi connectivity index (χ1n) is 4.42. The summed E-state index contributed by atoms with van der Waals surface area (Å²) < 4.78 is 17.9. The Bertz CT molecular complexity index is 291. The normalized spacial score (nSPS) is 10.2. The van der Waals surface area contributed by atoms with E-state index in [-0.39, 0.29) is 12.5 Å². The summed E-state index contributed by atoms with van der Waals surface area (Å²) in [5.41, 5.74) is 0.799. The molecular weight excluding hydrogens is 185 g/mol. The van der Waals surface area contributed by atoms with Gasteiger partial charge in [0.05, 0.1) is 13.8 Å². The standard InChI is InChI=1S/C10H14FNO2/c1-14-10-3-2-9(11)6-8(10)4-5-12-7-13/h2-3,6,12-13H,4-5,7H2,1H3. The Morgan fingerprint density at radius 3 is 2.93 bits per heavy atom. The van der Waals surface area contributed by atoms with Crippen LogP contribution >= 0.6 is 0 Å². The Balaban J connectivity index is 2.67. The van der Waals surface area contributed by atoms with Gasteiger partial charge in [-0.1, -0.05) is 0 Å². The van der Waals surface area contributed by atoms with Crippen LogP contribution in [0.3, 0.4) is 0 Å². The van der Waals surface area contributed by atoms with Crippen molar-refractivity contribution in [2.24, 2.45) is 0 Å². The van der Waals surface area contributed by atoms with E-state index in [2.05, 4.69) is 5.32 Å². The van der Waals surface area contributed by atoms with Crippen LogP contribution in [0.15, 0.2) is 18.2 Å². The van der Waals surface area contributed by atoms with Crippen LogP contribution in [0.25, 0.3) is 0 Å². The van der Waals surface area contributed by atoms with Crippen LogP contribution in [0.5, 0.6) is 5.75 Å². The molecule has 0 radical (unpaired) electrons. The molecule has 0 aromatic heterocycles. The lowest BCUT2D eigenvalue weighted by molar-refractivity contribution is 0.261. The lowest BCUT2D eigenvalue weighted by Gasteiger charge is -2.08. The maximum absolute atomic E-state index is 12.9. The van der Waals surface area contributed by atoms with E-state index in [9.17, 15) is 4.39 Å². The van der Waals surface area contributed by atoms with E-state index in [1.54, 1.807) is 13.2 Å². The molecule has 1 aromatic carbocycles. The molecule has 0 unspecified atom stereocenters. The average Bonchev–Trinajstić information content (AvgIpc) is 2.19. The zero-order chi connectivity index (χ0) is 10.4. The van der Waals surface area contributed by atoms with Gasteiger partial charge < -0.3 is 9.84 Å². The molecule has 0 atom stereocenters. The lowest BCUT2D eigenvalue weighted by atomic mass is 10.1. The van der Waals surface area contributed by atoms with Gasteiger partial charge in [-0.05, 0) is 30.2 Å². The zero-order valence-electron chi connectivity index (χ0n) is 8.09. The molecule has 1 rings (SSSR count). The fraction of sp³-hybridized carbons (Fsp3) is 0.400. The molecule has 0 bridgehead atoms. The minimum absolute atomic E-state index is 0.0718. The predicted octanol–water partition coefficient (Wildman–Crippen LogP) is 0.916. The first-order valence-corrected chi connectivity index (χ1v) is 4.42. The topological polar surface area (TPSA) is 41.5 Å². The number of benzene rings is 1. The fourth-order valence-electron chi connectivity index (χ4n) is 1.24. The van der Waals surface area contributed by atoms with Gasteiger partial charge in [-0.2, -0.15) is 0 Å². The summed E-state index contributed by atoms with van der Waals surface area (Å²) >= 11 is 0. The van der Waals surface area contributed by atoms with Crippen molar-refractivity contribution >= 4 is 0 Å². The summed E-state index contributed by atoms with van der Waals surface area (Å²) in [5.74, 6) is 0.399. The van der Waals surface area contributed by atoms with E-state index in [4.69, 9.17) is 9.84 Å². The second kappa shape index (κ2) is 5.57. The predicted molar refractivity (Wildman–Crippen MR) is 51.7 cm³/mol. The highest BCUT2D eigenvalue weighted by Gasteiger charge is 2.03. The van der Waals surface area contributed by atoms with Gasteiger partial charge in [0.1, 0.15) is 11.6 Å². The third-order valence-electron chi connectivity index (χ3n) is 1.93. The van der Waals surface area contributed by atoms with Gasteiger partial charge in [0, 0.05) is 6.54 Å². The molecule has 0 aliphatic carbocycles. The fourth-order valence-corrected chi connectivity index (χ4v) is 1.24.